The molecule has 0 amide bonds. The molecule has 1 heterocycles. The SMILES string of the molecule is CC(C)OC1COCCC=CC1C. The zero-order valence-corrected chi connectivity index (χ0v) is 8.82. The van der Waals surface area contributed by atoms with Gasteiger partial charge < -0.3 is 9.47 Å². The largest absolute Gasteiger partial charge is 0.378 e. The molecule has 1 rings (SSSR count). The first kappa shape index (κ1) is 10.7. The fourth-order valence-corrected chi connectivity index (χ4v) is 1.45. The Morgan fingerprint density at radius 3 is 2.92 bits per heavy atom. The molecule has 0 saturated carbocycles. The molecule has 0 radical (unpaired) electrons. The summed E-state index contributed by atoms with van der Waals surface area (Å²) in [5.74, 6) is 0.461. The van der Waals surface area contributed by atoms with E-state index in [2.05, 4.69) is 32.9 Å². The first-order chi connectivity index (χ1) is 6.20. The Labute approximate surface area is 80.9 Å². The minimum Gasteiger partial charge on any atom is -0.378 e. The van der Waals surface area contributed by atoms with E-state index in [1.165, 1.54) is 0 Å². The van der Waals surface area contributed by atoms with E-state index in [0.29, 0.717) is 5.92 Å². The van der Waals surface area contributed by atoms with Gasteiger partial charge in [0.2, 0.25) is 0 Å². The minimum absolute atomic E-state index is 0.219. The Morgan fingerprint density at radius 1 is 1.46 bits per heavy atom. The molecule has 2 heteroatoms. The summed E-state index contributed by atoms with van der Waals surface area (Å²) in [5.41, 5.74) is 0. The Morgan fingerprint density at radius 2 is 2.23 bits per heavy atom. The number of hydrogen-bond acceptors (Lipinski definition) is 2. The van der Waals surface area contributed by atoms with E-state index in [9.17, 15) is 0 Å². The molecule has 0 aromatic rings. The van der Waals surface area contributed by atoms with E-state index >= 15 is 0 Å². The molecular weight excluding hydrogens is 164 g/mol. The highest BCUT2D eigenvalue weighted by Crippen LogP contribution is 2.14. The molecule has 0 N–H and O–H groups in total. The van der Waals surface area contributed by atoms with E-state index in [0.717, 1.165) is 19.6 Å². The Hall–Kier alpha value is -0.340. The van der Waals surface area contributed by atoms with Crippen molar-refractivity contribution in [1.29, 1.82) is 0 Å². The Bertz CT molecular complexity index is 163. The monoisotopic (exact) mass is 184 g/mol. The molecule has 0 bridgehead atoms. The zero-order chi connectivity index (χ0) is 9.68. The standard InChI is InChI=1S/C11H20O2/c1-9(2)13-11-8-12-7-5-4-6-10(11)3/h4,6,9-11H,5,7-8H2,1-3H3. The normalized spacial score (nSPS) is 30.2. The summed E-state index contributed by atoms with van der Waals surface area (Å²) < 4.78 is 11.2. The Kier molecular flexibility index (Phi) is 4.46. The van der Waals surface area contributed by atoms with Gasteiger partial charge in [0.25, 0.3) is 0 Å². The van der Waals surface area contributed by atoms with Gasteiger partial charge >= 0.3 is 0 Å². The highest BCUT2D eigenvalue weighted by Gasteiger charge is 2.18. The average Bonchev–Trinajstić information content (AvgIpc) is 2.04. The van der Waals surface area contributed by atoms with Crippen molar-refractivity contribution in [2.24, 2.45) is 5.92 Å². The second-order valence-electron chi connectivity index (χ2n) is 3.87. The highest BCUT2D eigenvalue weighted by atomic mass is 16.5. The predicted octanol–water partition coefficient (Wildman–Crippen LogP) is 2.39. The van der Waals surface area contributed by atoms with Crippen molar-refractivity contribution in [3.8, 4) is 0 Å². The van der Waals surface area contributed by atoms with Gasteiger partial charge in [0.05, 0.1) is 25.4 Å². The first-order valence-electron chi connectivity index (χ1n) is 5.10. The molecule has 0 saturated heterocycles. The molecule has 2 unspecified atom stereocenters. The molecule has 0 spiro atoms. The van der Waals surface area contributed by atoms with E-state index in [1.807, 2.05) is 0 Å². The van der Waals surface area contributed by atoms with Crippen LogP contribution in [0.2, 0.25) is 0 Å². The highest BCUT2D eigenvalue weighted by molar-refractivity contribution is 4.91. The second kappa shape index (κ2) is 5.40. The lowest BCUT2D eigenvalue weighted by molar-refractivity contribution is -0.0616. The summed E-state index contributed by atoms with van der Waals surface area (Å²) in [6, 6.07) is 0. The van der Waals surface area contributed by atoms with Crippen LogP contribution in [-0.2, 0) is 9.47 Å². The average molecular weight is 184 g/mol. The van der Waals surface area contributed by atoms with Crippen molar-refractivity contribution in [2.75, 3.05) is 13.2 Å². The third-order valence-corrected chi connectivity index (χ3v) is 2.18. The fourth-order valence-electron chi connectivity index (χ4n) is 1.45. The van der Waals surface area contributed by atoms with Crippen LogP contribution in [-0.4, -0.2) is 25.4 Å². The van der Waals surface area contributed by atoms with Crippen molar-refractivity contribution in [3.05, 3.63) is 12.2 Å². The lowest BCUT2D eigenvalue weighted by atomic mass is 10.0. The molecule has 1 aliphatic heterocycles. The van der Waals surface area contributed by atoms with Gasteiger partial charge in [-0.2, -0.15) is 0 Å². The molecular formula is C11H20O2. The van der Waals surface area contributed by atoms with Crippen LogP contribution in [0.3, 0.4) is 0 Å². The number of ether oxygens (including phenoxy) is 2. The quantitative estimate of drug-likeness (QED) is 0.613. The molecule has 0 aromatic carbocycles. The van der Waals surface area contributed by atoms with Gasteiger partial charge in [-0.05, 0) is 20.3 Å². The van der Waals surface area contributed by atoms with Crippen molar-refractivity contribution >= 4 is 0 Å². The predicted molar refractivity (Wildman–Crippen MR) is 53.7 cm³/mol. The van der Waals surface area contributed by atoms with Crippen LogP contribution < -0.4 is 0 Å². The lowest BCUT2D eigenvalue weighted by Gasteiger charge is -2.25. The zero-order valence-electron chi connectivity index (χ0n) is 8.82. The first-order valence-corrected chi connectivity index (χ1v) is 5.10. The van der Waals surface area contributed by atoms with Crippen molar-refractivity contribution in [1.82, 2.24) is 0 Å². The van der Waals surface area contributed by atoms with Crippen molar-refractivity contribution in [2.45, 2.75) is 39.4 Å². The van der Waals surface area contributed by atoms with E-state index in [4.69, 9.17) is 9.47 Å². The molecule has 0 fully saturated rings. The van der Waals surface area contributed by atoms with Gasteiger partial charge in [-0.1, -0.05) is 19.1 Å². The summed E-state index contributed by atoms with van der Waals surface area (Å²) >= 11 is 0. The maximum absolute atomic E-state index is 5.76. The Balaban J connectivity index is 2.47. The van der Waals surface area contributed by atoms with Crippen LogP contribution in [0.1, 0.15) is 27.2 Å². The number of rotatable bonds is 2. The van der Waals surface area contributed by atoms with Crippen LogP contribution in [0.15, 0.2) is 12.2 Å². The maximum Gasteiger partial charge on any atom is 0.0871 e. The molecule has 1 aliphatic rings. The van der Waals surface area contributed by atoms with Gasteiger partial charge in [-0.25, -0.2) is 0 Å². The third-order valence-electron chi connectivity index (χ3n) is 2.18. The summed E-state index contributed by atoms with van der Waals surface area (Å²) in [7, 11) is 0. The summed E-state index contributed by atoms with van der Waals surface area (Å²) in [4.78, 5) is 0. The van der Waals surface area contributed by atoms with Crippen molar-refractivity contribution < 1.29 is 9.47 Å². The van der Waals surface area contributed by atoms with Crippen LogP contribution in [0.25, 0.3) is 0 Å². The summed E-state index contributed by atoms with van der Waals surface area (Å²) in [5, 5.41) is 0. The van der Waals surface area contributed by atoms with Gasteiger partial charge in [-0.15, -0.1) is 0 Å². The van der Waals surface area contributed by atoms with Gasteiger partial charge in [0.15, 0.2) is 0 Å². The van der Waals surface area contributed by atoms with Crippen LogP contribution in [0.5, 0.6) is 0 Å². The van der Waals surface area contributed by atoms with Crippen LogP contribution >= 0.6 is 0 Å². The van der Waals surface area contributed by atoms with E-state index < -0.39 is 0 Å². The van der Waals surface area contributed by atoms with Crippen LogP contribution in [0, 0.1) is 5.92 Å². The van der Waals surface area contributed by atoms with E-state index in [-0.39, 0.29) is 12.2 Å². The van der Waals surface area contributed by atoms with Crippen molar-refractivity contribution in [3.63, 3.8) is 0 Å². The lowest BCUT2D eigenvalue weighted by Crippen LogP contribution is -2.30. The number of hydrogen-bond donors (Lipinski definition) is 0. The fraction of sp³-hybridized carbons (Fsp3) is 0.818. The smallest absolute Gasteiger partial charge is 0.0871 e. The second-order valence-corrected chi connectivity index (χ2v) is 3.87. The molecule has 2 atom stereocenters. The molecule has 0 aromatic heterocycles. The summed E-state index contributed by atoms with van der Waals surface area (Å²) in [6.45, 7) is 7.85. The molecule has 76 valence electrons. The topological polar surface area (TPSA) is 18.5 Å². The van der Waals surface area contributed by atoms with Gasteiger partial charge in [0, 0.05) is 5.92 Å². The van der Waals surface area contributed by atoms with Gasteiger partial charge in [0.1, 0.15) is 0 Å². The third kappa shape index (κ3) is 3.92. The maximum atomic E-state index is 5.76. The van der Waals surface area contributed by atoms with E-state index in [1.54, 1.807) is 0 Å². The van der Waals surface area contributed by atoms with Gasteiger partial charge in [-0.3, -0.25) is 0 Å². The minimum atomic E-state index is 0.219. The molecule has 13 heavy (non-hydrogen) atoms. The molecule has 2 nitrogen and oxygen atoms in total. The molecule has 0 aliphatic carbocycles. The van der Waals surface area contributed by atoms with Crippen LogP contribution in [0.4, 0.5) is 0 Å². The summed E-state index contributed by atoms with van der Waals surface area (Å²) in [6.07, 6.45) is 5.94.